The molecule has 0 bridgehead atoms. The number of carbonyl (C=O) groups excluding carboxylic acids is 1. The van der Waals surface area contributed by atoms with Crippen LogP contribution in [0.4, 0.5) is 0 Å². The van der Waals surface area contributed by atoms with Crippen LogP contribution in [0, 0.1) is 14.0 Å². The molecule has 27 heavy (non-hydrogen) atoms. The number of carbonyl (C=O) groups is 1. The Morgan fingerprint density at radius 3 is 2.56 bits per heavy atom. The molecule has 1 radical (unpaired) electrons. The minimum absolute atomic E-state index is 0. The van der Waals surface area contributed by atoms with Crippen molar-refractivity contribution < 1.29 is 37.5 Å². The normalized spacial score (nSPS) is 16.7. The maximum atomic E-state index is 12.3. The summed E-state index contributed by atoms with van der Waals surface area (Å²) in [5.41, 5.74) is 1.46. The van der Waals surface area contributed by atoms with Crippen LogP contribution >= 0.6 is 0 Å². The number of amides is 1. The molecule has 0 aliphatic carbocycles. The largest absolute Gasteiger partial charge is 0.520 e. The van der Waals surface area contributed by atoms with Crippen molar-refractivity contribution in [3.8, 4) is 0 Å². The summed E-state index contributed by atoms with van der Waals surface area (Å²) in [5, 5.41) is 5.82. The van der Waals surface area contributed by atoms with Crippen molar-refractivity contribution in [2.24, 2.45) is 0 Å². The van der Waals surface area contributed by atoms with Gasteiger partial charge in [0.05, 0.1) is 6.04 Å². The van der Waals surface area contributed by atoms with Crippen LogP contribution in [0.15, 0.2) is 42.5 Å². The minimum atomic E-state index is -0.219. The maximum absolute atomic E-state index is 12.3. The number of likely N-dealkylation sites (tertiary alicyclic amines) is 1. The van der Waals surface area contributed by atoms with E-state index in [0.29, 0.717) is 12.5 Å². The molecule has 0 saturated carbocycles. The van der Waals surface area contributed by atoms with Gasteiger partial charge in [-0.3, -0.25) is 11.8 Å². The Morgan fingerprint density at radius 2 is 1.89 bits per heavy atom. The van der Waals surface area contributed by atoms with Gasteiger partial charge in [0, 0.05) is 39.3 Å². The summed E-state index contributed by atoms with van der Waals surface area (Å²) in [7, 11) is 5.60. The molecule has 1 heterocycles. The molecule has 1 saturated heterocycles. The fourth-order valence-corrected chi connectivity index (χ4v) is 3.91. The van der Waals surface area contributed by atoms with E-state index in [1.807, 2.05) is 7.05 Å². The van der Waals surface area contributed by atoms with Crippen LogP contribution < -0.4 is 5.32 Å². The number of benzene rings is 2. The van der Waals surface area contributed by atoms with E-state index in [-0.39, 0.29) is 44.7 Å². The van der Waals surface area contributed by atoms with Crippen LogP contribution in [-0.4, -0.2) is 55.0 Å². The van der Waals surface area contributed by atoms with Crippen LogP contribution in [0.2, 0.25) is 0 Å². The number of nitrogens with one attached hydrogen (secondary N) is 1. The predicted molar refractivity (Wildman–Crippen MR) is 108 cm³/mol. The van der Waals surface area contributed by atoms with Gasteiger partial charge in [-0.15, -0.1) is 6.54 Å². The molecular formula is C22H29N3OY-2. The van der Waals surface area contributed by atoms with Crippen LogP contribution in [0.25, 0.3) is 10.8 Å². The molecule has 1 aliphatic rings. The van der Waals surface area contributed by atoms with Crippen molar-refractivity contribution in [3.05, 3.63) is 62.0 Å². The molecule has 143 valence electrons. The van der Waals surface area contributed by atoms with Crippen molar-refractivity contribution >= 4 is 16.7 Å². The molecule has 1 fully saturated rings. The summed E-state index contributed by atoms with van der Waals surface area (Å²) in [4.78, 5) is 16.2. The zero-order valence-corrected chi connectivity index (χ0v) is 19.1. The van der Waals surface area contributed by atoms with Gasteiger partial charge < -0.3 is 22.0 Å². The monoisotopic (exact) mass is 440 g/mol. The van der Waals surface area contributed by atoms with E-state index < -0.39 is 0 Å². The molecule has 1 atom stereocenters. The summed E-state index contributed by atoms with van der Waals surface area (Å²) in [6, 6.07) is 15.0. The van der Waals surface area contributed by atoms with Gasteiger partial charge in [0.2, 0.25) is 5.91 Å². The zero-order valence-electron chi connectivity index (χ0n) is 16.2. The van der Waals surface area contributed by atoms with Crippen LogP contribution in [0.5, 0.6) is 0 Å². The van der Waals surface area contributed by atoms with Gasteiger partial charge in [0.1, 0.15) is 0 Å². The van der Waals surface area contributed by atoms with E-state index in [9.17, 15) is 4.79 Å². The van der Waals surface area contributed by atoms with Gasteiger partial charge in [0.15, 0.2) is 0 Å². The molecule has 4 nitrogen and oxygen atoms in total. The van der Waals surface area contributed by atoms with Crippen LogP contribution in [0.3, 0.4) is 0 Å². The average Bonchev–Trinajstić information content (AvgIpc) is 2.71. The molecule has 1 amide bonds. The first-order valence-electron chi connectivity index (χ1n) is 9.42. The predicted octanol–water partition coefficient (Wildman–Crippen LogP) is 3.06. The number of hydrogen-bond donors (Lipinski definition) is 1. The van der Waals surface area contributed by atoms with E-state index in [4.69, 9.17) is 0 Å². The smallest absolute Gasteiger partial charge is 0.209 e. The molecule has 1 N–H and O–H groups in total. The van der Waals surface area contributed by atoms with Crippen molar-refractivity contribution in [1.82, 2.24) is 15.1 Å². The number of likely N-dealkylation sites (N-methyl/N-ethyl adjacent to an activating group) is 1. The van der Waals surface area contributed by atoms with Crippen molar-refractivity contribution in [2.45, 2.75) is 24.8 Å². The molecular weight excluding hydrogens is 411 g/mol. The second kappa shape index (κ2) is 10.7. The summed E-state index contributed by atoms with van der Waals surface area (Å²) >= 11 is 0. The first kappa shape index (κ1) is 22.5. The van der Waals surface area contributed by atoms with E-state index in [1.165, 1.54) is 21.2 Å². The van der Waals surface area contributed by atoms with Crippen molar-refractivity contribution in [1.29, 1.82) is 0 Å². The molecule has 5 heteroatoms. The van der Waals surface area contributed by atoms with E-state index in [0.717, 1.165) is 32.5 Å². The Balaban J connectivity index is 0.00000261. The third kappa shape index (κ3) is 5.38. The quantitative estimate of drug-likeness (QED) is 0.702. The van der Waals surface area contributed by atoms with Gasteiger partial charge in [-0.2, -0.15) is 0 Å². The second-order valence-electron chi connectivity index (χ2n) is 7.09. The Hall–Kier alpha value is -0.806. The molecule has 2 aromatic carbocycles. The van der Waals surface area contributed by atoms with Gasteiger partial charge in [-0.25, -0.2) is 0 Å². The number of nitrogens with zero attached hydrogens (tertiary/aromatic N) is 2. The number of fused-ring (bicyclic) bond motifs is 1. The Bertz CT molecular complexity index is 738. The third-order valence-electron chi connectivity index (χ3n) is 5.52. The molecule has 0 unspecified atom stereocenters. The van der Waals surface area contributed by atoms with E-state index >= 15 is 0 Å². The number of piperidine rings is 1. The summed E-state index contributed by atoms with van der Waals surface area (Å²) in [5.74, 6) is 0.601. The topological polar surface area (TPSA) is 35.6 Å². The maximum Gasteiger partial charge on any atom is 0.209 e. The minimum Gasteiger partial charge on any atom is -0.520 e. The van der Waals surface area contributed by atoms with E-state index in [2.05, 4.69) is 66.7 Å². The Morgan fingerprint density at radius 1 is 1.22 bits per heavy atom. The molecule has 1 aliphatic heterocycles. The molecule has 0 aromatic heterocycles. The number of hydrogen-bond acceptors (Lipinski definition) is 3. The Labute approximate surface area is 188 Å². The first-order valence-corrected chi connectivity index (χ1v) is 9.42. The fourth-order valence-electron chi connectivity index (χ4n) is 3.91. The fraction of sp³-hybridized carbons (Fsp3) is 0.409. The summed E-state index contributed by atoms with van der Waals surface area (Å²) in [6.45, 7) is 6.88. The van der Waals surface area contributed by atoms with Gasteiger partial charge >= 0.3 is 0 Å². The first-order chi connectivity index (χ1) is 12.6. The van der Waals surface area contributed by atoms with Crippen LogP contribution in [-0.2, 0) is 37.5 Å². The summed E-state index contributed by atoms with van der Waals surface area (Å²) in [6.07, 6.45) is 2.25. The molecule has 0 spiro atoms. The second-order valence-corrected chi connectivity index (χ2v) is 7.09. The number of rotatable bonds is 6. The van der Waals surface area contributed by atoms with Crippen molar-refractivity contribution in [2.75, 3.05) is 33.2 Å². The standard InChI is InChI=1S/C22H29N3O.Y/c1-4-24(3)22(26)21(23-2)16-25-14-12-18(13-15-25)20-11-7-9-17-8-5-6-10-19(17)20;/h5-11,18,21,23H,1,3-4,12-16H2,2H3;/q-2;/t21-;/m0./s1. The molecule has 3 rings (SSSR count). The van der Waals surface area contributed by atoms with Gasteiger partial charge in [0.25, 0.3) is 0 Å². The molecule has 2 aromatic rings. The van der Waals surface area contributed by atoms with Crippen molar-refractivity contribution in [3.63, 3.8) is 0 Å². The zero-order chi connectivity index (χ0) is 18.5. The van der Waals surface area contributed by atoms with Gasteiger partial charge in [-0.1, -0.05) is 42.5 Å². The summed E-state index contributed by atoms with van der Waals surface area (Å²) < 4.78 is 0. The Kier molecular flexibility index (Phi) is 8.88. The van der Waals surface area contributed by atoms with Crippen LogP contribution in [0.1, 0.15) is 24.3 Å². The van der Waals surface area contributed by atoms with Gasteiger partial charge in [-0.05, 0) is 55.2 Å². The third-order valence-corrected chi connectivity index (χ3v) is 5.52. The SMILES string of the molecule is [CH2-]CN([CH2-])C(=O)[C@H](CN1CCC(c2cccc3ccccc23)CC1)NC.[Y]. The van der Waals surface area contributed by atoms with E-state index in [1.54, 1.807) is 0 Å². The average molecular weight is 440 g/mol.